The number of benzene rings is 2. The Bertz CT molecular complexity index is 1290. The van der Waals surface area contributed by atoms with Crippen molar-refractivity contribution in [3.05, 3.63) is 58.6 Å². The van der Waals surface area contributed by atoms with Crippen molar-refractivity contribution in [2.75, 3.05) is 6.61 Å². The van der Waals surface area contributed by atoms with Gasteiger partial charge in [0.2, 0.25) is 12.4 Å². The smallest absolute Gasteiger partial charge is 0.303 e. The van der Waals surface area contributed by atoms with E-state index in [1.165, 1.54) is 12.1 Å². The van der Waals surface area contributed by atoms with Gasteiger partial charge in [-0.05, 0) is 29.8 Å². The highest BCUT2D eigenvalue weighted by Crippen LogP contribution is 2.33. The van der Waals surface area contributed by atoms with Gasteiger partial charge in [0.25, 0.3) is 0 Å². The normalized spacial score (nSPS) is 21.7. The van der Waals surface area contributed by atoms with E-state index in [0.29, 0.717) is 10.6 Å². The second-order valence-electron chi connectivity index (χ2n) is 9.09. The molecule has 1 saturated heterocycles. The fourth-order valence-corrected chi connectivity index (χ4v) is 4.25. The van der Waals surface area contributed by atoms with Crippen molar-refractivity contribution in [2.24, 2.45) is 0 Å². The van der Waals surface area contributed by atoms with Crippen LogP contribution in [0.1, 0.15) is 43.6 Å². The topological polar surface area (TPSA) is 161 Å². The third-order valence-corrected chi connectivity index (χ3v) is 6.00. The highest BCUT2D eigenvalue weighted by atomic mass is 35.5. The summed E-state index contributed by atoms with van der Waals surface area (Å²) in [5.41, 5.74) is 0.713. The van der Waals surface area contributed by atoms with Crippen molar-refractivity contribution >= 4 is 41.3 Å². The number of phenols is 1. The molecule has 1 aliphatic rings. The summed E-state index contributed by atoms with van der Waals surface area (Å²) in [5.74, 6) is -3.80. The lowest BCUT2D eigenvalue weighted by Gasteiger charge is -2.43. The van der Waals surface area contributed by atoms with E-state index < -0.39 is 66.9 Å². The Labute approximate surface area is 240 Å². The van der Waals surface area contributed by atoms with Crippen LogP contribution in [0.15, 0.2) is 42.5 Å². The monoisotopic (exact) mass is 592 g/mol. The van der Waals surface area contributed by atoms with E-state index >= 15 is 0 Å². The van der Waals surface area contributed by atoms with Gasteiger partial charge in [0.15, 0.2) is 18.0 Å². The van der Waals surface area contributed by atoms with Crippen molar-refractivity contribution in [3.63, 3.8) is 0 Å². The summed E-state index contributed by atoms with van der Waals surface area (Å²) in [6, 6.07) is 10.6. The second kappa shape index (κ2) is 14.0. The number of Topliss-reactive ketones (excluding diaryl/α,β-unsaturated/α-hetero) is 1. The number of esters is 4. The van der Waals surface area contributed by atoms with E-state index in [0.717, 1.165) is 33.8 Å². The van der Waals surface area contributed by atoms with E-state index in [1.807, 2.05) is 0 Å². The third-order valence-electron chi connectivity index (χ3n) is 5.75. The zero-order valence-corrected chi connectivity index (χ0v) is 23.4. The number of ether oxygens (including phenoxy) is 6. The fraction of sp³-hybridized carbons (Fsp3) is 0.393. The van der Waals surface area contributed by atoms with Crippen LogP contribution in [0.3, 0.4) is 0 Å². The van der Waals surface area contributed by atoms with Crippen molar-refractivity contribution in [3.8, 4) is 11.5 Å². The third kappa shape index (κ3) is 8.92. The fourth-order valence-electron chi connectivity index (χ4n) is 4.12. The first kappa shape index (κ1) is 31.4. The number of hydrogen-bond acceptors (Lipinski definition) is 12. The number of halogens is 1. The lowest BCUT2D eigenvalue weighted by Crippen LogP contribution is -2.63. The molecule has 0 spiro atoms. The molecule has 2 aromatic rings. The zero-order valence-electron chi connectivity index (χ0n) is 22.7. The Kier molecular flexibility index (Phi) is 10.7. The lowest BCUT2D eigenvalue weighted by atomic mass is 9.98. The minimum Gasteiger partial charge on any atom is -0.507 e. The Hall–Kier alpha value is -4.16. The molecule has 0 bridgehead atoms. The van der Waals surface area contributed by atoms with E-state index in [1.54, 1.807) is 24.3 Å². The number of rotatable bonds is 10. The van der Waals surface area contributed by atoms with E-state index in [9.17, 15) is 29.1 Å². The molecule has 0 unspecified atom stereocenters. The molecule has 3 rings (SSSR count). The molecule has 0 amide bonds. The maximum Gasteiger partial charge on any atom is 0.303 e. The average molecular weight is 593 g/mol. The summed E-state index contributed by atoms with van der Waals surface area (Å²) >= 11 is 5.89. The molecular formula is C28H29ClO12. The summed E-state index contributed by atoms with van der Waals surface area (Å²) in [7, 11) is 0. The van der Waals surface area contributed by atoms with Crippen LogP contribution in [0.5, 0.6) is 11.5 Å². The Balaban J connectivity index is 1.90. The van der Waals surface area contributed by atoms with Gasteiger partial charge in [-0.3, -0.25) is 24.0 Å². The van der Waals surface area contributed by atoms with Gasteiger partial charge in [-0.25, -0.2) is 0 Å². The van der Waals surface area contributed by atoms with Crippen LogP contribution >= 0.6 is 11.6 Å². The molecule has 1 heterocycles. The number of carbonyl (C=O) groups excluding carboxylic acids is 5. The summed E-state index contributed by atoms with van der Waals surface area (Å²) in [4.78, 5) is 60.1. The Morgan fingerprint density at radius 2 is 1.39 bits per heavy atom. The van der Waals surface area contributed by atoms with Crippen molar-refractivity contribution in [1.29, 1.82) is 0 Å². The molecule has 1 N–H and O–H groups in total. The molecule has 5 atom stereocenters. The molecule has 41 heavy (non-hydrogen) atoms. The second-order valence-corrected chi connectivity index (χ2v) is 9.53. The van der Waals surface area contributed by atoms with Crippen LogP contribution in [0.4, 0.5) is 0 Å². The van der Waals surface area contributed by atoms with Crippen molar-refractivity contribution in [2.45, 2.75) is 64.8 Å². The van der Waals surface area contributed by atoms with Crippen LogP contribution in [-0.4, -0.2) is 72.1 Å². The Morgan fingerprint density at radius 3 is 1.95 bits per heavy atom. The number of carbonyl (C=O) groups is 5. The van der Waals surface area contributed by atoms with Crippen LogP contribution in [0, 0.1) is 0 Å². The van der Waals surface area contributed by atoms with Gasteiger partial charge in [0, 0.05) is 45.2 Å². The average Bonchev–Trinajstić information content (AvgIpc) is 2.87. The summed E-state index contributed by atoms with van der Waals surface area (Å²) in [5, 5.41) is 11.1. The summed E-state index contributed by atoms with van der Waals surface area (Å²) in [6.45, 7) is 4.03. The predicted molar refractivity (Wildman–Crippen MR) is 140 cm³/mol. The predicted octanol–water partition coefficient (Wildman–Crippen LogP) is 2.93. The first-order chi connectivity index (χ1) is 19.3. The van der Waals surface area contributed by atoms with E-state index in [-0.39, 0.29) is 23.5 Å². The maximum absolute atomic E-state index is 12.8. The highest BCUT2D eigenvalue weighted by Gasteiger charge is 2.53. The minimum atomic E-state index is -1.49. The van der Waals surface area contributed by atoms with E-state index in [4.69, 9.17) is 40.0 Å². The number of hydrogen-bond donors (Lipinski definition) is 1. The number of phenolic OH excluding ortho intramolecular Hbond substituents is 1. The molecule has 220 valence electrons. The number of ketones is 1. The molecule has 1 aliphatic heterocycles. The SMILES string of the molecule is CC(=O)OC[C@@H]1O[C@H](Oc2ccc(C(=O)Cc3ccc(Cl)cc3)c(O)c2)[C@H](OC(C)=O)[C@H](OC(C)=O)[C@@H]1OC(C)=O. The van der Waals surface area contributed by atoms with Gasteiger partial charge in [0.05, 0.1) is 5.56 Å². The molecule has 12 nitrogen and oxygen atoms in total. The molecule has 0 aromatic heterocycles. The molecule has 0 saturated carbocycles. The van der Waals surface area contributed by atoms with Gasteiger partial charge in [-0.2, -0.15) is 0 Å². The van der Waals surface area contributed by atoms with Crippen LogP contribution in [0.25, 0.3) is 0 Å². The molecule has 0 radical (unpaired) electrons. The van der Waals surface area contributed by atoms with Gasteiger partial charge in [-0.1, -0.05) is 23.7 Å². The maximum atomic E-state index is 12.8. The van der Waals surface area contributed by atoms with Gasteiger partial charge >= 0.3 is 23.9 Å². The van der Waals surface area contributed by atoms with Crippen LogP contribution < -0.4 is 4.74 Å². The lowest BCUT2D eigenvalue weighted by molar-refractivity contribution is -0.288. The van der Waals surface area contributed by atoms with E-state index in [2.05, 4.69) is 0 Å². The first-order valence-corrected chi connectivity index (χ1v) is 12.8. The van der Waals surface area contributed by atoms with Crippen LogP contribution in [-0.2, 0) is 49.3 Å². The van der Waals surface area contributed by atoms with Crippen molar-refractivity contribution < 1.29 is 57.5 Å². The highest BCUT2D eigenvalue weighted by molar-refractivity contribution is 6.30. The minimum absolute atomic E-state index is 0.00459. The number of aromatic hydroxyl groups is 1. The van der Waals surface area contributed by atoms with Gasteiger partial charge in [-0.15, -0.1) is 0 Å². The van der Waals surface area contributed by atoms with Crippen molar-refractivity contribution in [1.82, 2.24) is 0 Å². The largest absolute Gasteiger partial charge is 0.507 e. The molecule has 0 aliphatic carbocycles. The zero-order chi connectivity index (χ0) is 30.3. The molecule has 1 fully saturated rings. The summed E-state index contributed by atoms with van der Waals surface area (Å²) < 4.78 is 32.8. The molecule has 13 heteroatoms. The molecule has 2 aromatic carbocycles. The summed E-state index contributed by atoms with van der Waals surface area (Å²) in [6.07, 6.45) is -6.93. The quantitative estimate of drug-likeness (QED) is 0.244. The Morgan fingerprint density at radius 1 is 0.805 bits per heavy atom. The molecular weight excluding hydrogens is 564 g/mol. The van der Waals surface area contributed by atoms with Crippen LogP contribution in [0.2, 0.25) is 5.02 Å². The first-order valence-electron chi connectivity index (χ1n) is 12.4. The van der Waals surface area contributed by atoms with Gasteiger partial charge < -0.3 is 33.5 Å². The standard InChI is InChI=1S/C28H29ClO12/c1-14(30)36-13-24-25(37-15(2)31)26(38-16(3)32)27(39-17(4)33)28(41-24)40-20-9-10-21(23(35)12-20)22(34)11-18-5-7-19(29)8-6-18/h5-10,12,24-28,35H,11,13H2,1-4H3/t24-,25+,26+,27+,28-/m0/s1. The van der Waals surface area contributed by atoms with Gasteiger partial charge in [0.1, 0.15) is 24.2 Å².